The van der Waals surface area contributed by atoms with Crippen LogP contribution in [0.25, 0.3) is 0 Å². The topological polar surface area (TPSA) is 40.5 Å². The molecule has 0 bridgehead atoms. The van der Waals surface area contributed by atoms with Gasteiger partial charge in [0.1, 0.15) is 0 Å². The summed E-state index contributed by atoms with van der Waals surface area (Å²) < 4.78 is 0. The zero-order valence-electron chi connectivity index (χ0n) is 10.4. The first-order valence-electron chi connectivity index (χ1n) is 5.29. The van der Waals surface area contributed by atoms with E-state index < -0.39 is 0 Å². The van der Waals surface area contributed by atoms with Gasteiger partial charge >= 0.3 is 0 Å². The monoisotopic (exact) mass is 326 g/mol. The van der Waals surface area contributed by atoms with Crippen LogP contribution in [0.3, 0.4) is 0 Å². The van der Waals surface area contributed by atoms with E-state index in [1.165, 1.54) is 0 Å². The van der Waals surface area contributed by atoms with Gasteiger partial charge in [-0.25, -0.2) is 0 Å². The number of hydrogen-bond donors (Lipinski definition) is 4. The van der Waals surface area contributed by atoms with Gasteiger partial charge in [0.25, 0.3) is 0 Å². The Morgan fingerprint density at radius 2 is 1.11 bits per heavy atom. The molecule has 0 aliphatic rings. The molecule has 0 aromatic carbocycles. The number of hydrogen-bond acceptors (Lipinski definition) is 6. The fourth-order valence-corrected chi connectivity index (χ4v) is 2.51. The van der Waals surface area contributed by atoms with E-state index in [1.54, 1.807) is 21.6 Å². The summed E-state index contributed by atoms with van der Waals surface area (Å²) in [5.41, 5.74) is 0. The predicted octanol–water partition coefficient (Wildman–Crippen LogP) is 2.23. The standard InChI is InChI=1S/C6H14O2S2.2C3H4S/c7-3-1-5-9-10-6-2-4-8;2*1-2-3-4/h7-8H,1-6H2;2*1,4H,3H2. The number of aliphatic hydroxyl groups excluding tert-OH is 2. The molecule has 2 nitrogen and oxygen atoms in total. The molecule has 0 fully saturated rings. The average Bonchev–Trinajstić information content (AvgIpc) is 2.43. The zero-order valence-corrected chi connectivity index (χ0v) is 13.8. The summed E-state index contributed by atoms with van der Waals surface area (Å²) in [7, 11) is 3.53. The van der Waals surface area contributed by atoms with Crippen molar-refractivity contribution in [2.45, 2.75) is 12.8 Å². The van der Waals surface area contributed by atoms with E-state index in [0.717, 1.165) is 24.3 Å². The molecule has 0 spiro atoms. The first-order valence-corrected chi connectivity index (χ1v) is 9.05. The molecule has 0 radical (unpaired) electrons. The molecule has 0 atom stereocenters. The Morgan fingerprint density at radius 1 is 0.833 bits per heavy atom. The van der Waals surface area contributed by atoms with Gasteiger partial charge in [0.15, 0.2) is 0 Å². The van der Waals surface area contributed by atoms with Crippen molar-refractivity contribution in [3.8, 4) is 24.7 Å². The lowest BCUT2D eigenvalue weighted by Gasteiger charge is -1.96. The number of rotatable bonds is 7. The third-order valence-electron chi connectivity index (χ3n) is 1.04. The van der Waals surface area contributed by atoms with Crippen molar-refractivity contribution in [3.63, 3.8) is 0 Å². The lowest BCUT2D eigenvalue weighted by molar-refractivity contribution is 0.296. The van der Waals surface area contributed by atoms with Crippen LogP contribution in [0, 0.1) is 24.7 Å². The Kier molecular flexibility index (Phi) is 39.8. The van der Waals surface area contributed by atoms with Crippen LogP contribution in [0.5, 0.6) is 0 Å². The summed E-state index contributed by atoms with van der Waals surface area (Å²) in [5.74, 6) is 7.69. The summed E-state index contributed by atoms with van der Waals surface area (Å²) in [6.07, 6.45) is 11.1. The van der Waals surface area contributed by atoms with Crippen molar-refractivity contribution in [3.05, 3.63) is 0 Å². The van der Waals surface area contributed by atoms with Crippen molar-refractivity contribution < 1.29 is 10.2 Å². The molecule has 0 aliphatic heterocycles. The Morgan fingerprint density at radius 3 is 1.28 bits per heavy atom. The lowest BCUT2D eigenvalue weighted by atomic mass is 10.5. The van der Waals surface area contributed by atoms with Crippen LogP contribution in [0.1, 0.15) is 12.8 Å². The Balaban J connectivity index is -0.000000233. The minimum absolute atomic E-state index is 0.285. The molecule has 0 unspecified atom stereocenters. The van der Waals surface area contributed by atoms with E-state index in [4.69, 9.17) is 23.1 Å². The molecule has 0 aromatic rings. The van der Waals surface area contributed by atoms with Crippen LogP contribution >= 0.6 is 46.8 Å². The van der Waals surface area contributed by atoms with Crippen LogP contribution in [0.2, 0.25) is 0 Å². The summed E-state index contributed by atoms with van der Waals surface area (Å²) in [4.78, 5) is 0. The van der Waals surface area contributed by atoms with Crippen LogP contribution in [0.15, 0.2) is 0 Å². The third kappa shape index (κ3) is 44.0. The smallest absolute Gasteiger partial charge is 0.0514 e. The molecule has 0 aromatic heterocycles. The molecular weight excluding hydrogens is 304 g/mol. The SMILES string of the molecule is C#CCS.C#CCS.OCCCSSCCCO. The fraction of sp³-hybridized carbons (Fsp3) is 0.667. The maximum absolute atomic E-state index is 8.41. The Labute approximate surface area is 130 Å². The maximum Gasteiger partial charge on any atom is 0.0514 e. The second kappa shape index (κ2) is 30.5. The molecule has 0 saturated heterocycles. The highest BCUT2D eigenvalue weighted by Crippen LogP contribution is 2.21. The van der Waals surface area contributed by atoms with Gasteiger partial charge in [-0.1, -0.05) is 33.4 Å². The van der Waals surface area contributed by atoms with E-state index in [0.29, 0.717) is 11.5 Å². The molecule has 18 heavy (non-hydrogen) atoms. The molecule has 0 saturated carbocycles. The van der Waals surface area contributed by atoms with Crippen molar-refractivity contribution >= 4 is 46.8 Å². The largest absolute Gasteiger partial charge is 0.396 e. The average molecular weight is 327 g/mol. The highest BCUT2D eigenvalue weighted by atomic mass is 33.1. The maximum atomic E-state index is 8.41. The van der Waals surface area contributed by atoms with E-state index in [2.05, 4.69) is 37.1 Å². The normalized spacial score (nSPS) is 7.89. The number of aliphatic hydroxyl groups is 2. The highest BCUT2D eigenvalue weighted by Gasteiger charge is 1.89. The Hall–Kier alpha value is 0.440. The molecule has 0 aliphatic carbocycles. The van der Waals surface area contributed by atoms with E-state index >= 15 is 0 Å². The van der Waals surface area contributed by atoms with Crippen molar-refractivity contribution in [1.82, 2.24) is 0 Å². The zero-order chi connectivity index (χ0) is 14.5. The minimum atomic E-state index is 0.285. The molecule has 0 rings (SSSR count). The number of terminal acetylenes is 2. The second-order valence-electron chi connectivity index (χ2n) is 2.52. The van der Waals surface area contributed by atoms with Gasteiger partial charge in [0.2, 0.25) is 0 Å². The van der Waals surface area contributed by atoms with Gasteiger partial charge in [-0.3, -0.25) is 0 Å². The van der Waals surface area contributed by atoms with Crippen molar-refractivity contribution in [2.75, 3.05) is 36.2 Å². The van der Waals surface area contributed by atoms with Gasteiger partial charge in [-0.15, -0.1) is 12.8 Å². The summed E-state index contributed by atoms with van der Waals surface area (Å²) in [6.45, 7) is 0.571. The van der Waals surface area contributed by atoms with Crippen LogP contribution < -0.4 is 0 Å². The molecule has 6 heteroatoms. The minimum Gasteiger partial charge on any atom is -0.396 e. The lowest BCUT2D eigenvalue weighted by Crippen LogP contribution is -1.85. The summed E-state index contributed by atoms with van der Waals surface area (Å²) >= 11 is 7.37. The third-order valence-corrected chi connectivity index (χ3v) is 3.98. The number of thiol groups is 2. The summed E-state index contributed by atoms with van der Waals surface area (Å²) in [6, 6.07) is 0. The molecule has 0 heterocycles. The van der Waals surface area contributed by atoms with Gasteiger partial charge in [-0.05, 0) is 12.8 Å². The first-order chi connectivity index (χ1) is 8.74. The van der Waals surface area contributed by atoms with Crippen molar-refractivity contribution in [1.29, 1.82) is 0 Å². The Bertz CT molecular complexity index is 177. The van der Waals surface area contributed by atoms with E-state index in [-0.39, 0.29) is 13.2 Å². The predicted molar refractivity (Wildman–Crippen MR) is 93.7 cm³/mol. The first kappa shape index (κ1) is 23.5. The molecule has 0 amide bonds. The molecular formula is C12H22O2S4. The van der Waals surface area contributed by atoms with E-state index in [1.807, 2.05) is 0 Å². The fourth-order valence-electron chi connectivity index (χ4n) is 0.365. The molecule has 106 valence electrons. The van der Waals surface area contributed by atoms with Gasteiger partial charge in [0, 0.05) is 24.7 Å². The van der Waals surface area contributed by atoms with E-state index in [9.17, 15) is 0 Å². The quantitative estimate of drug-likeness (QED) is 0.251. The second-order valence-corrected chi connectivity index (χ2v) is 5.86. The van der Waals surface area contributed by atoms with Crippen molar-refractivity contribution in [2.24, 2.45) is 0 Å². The van der Waals surface area contributed by atoms with Gasteiger partial charge in [-0.2, -0.15) is 25.3 Å². The summed E-state index contributed by atoms with van der Waals surface area (Å²) in [5, 5.41) is 16.8. The van der Waals surface area contributed by atoms with Crippen LogP contribution in [0.4, 0.5) is 0 Å². The molecule has 2 N–H and O–H groups in total. The van der Waals surface area contributed by atoms with Gasteiger partial charge < -0.3 is 10.2 Å². The van der Waals surface area contributed by atoms with Crippen LogP contribution in [-0.2, 0) is 0 Å². The van der Waals surface area contributed by atoms with Crippen LogP contribution in [-0.4, -0.2) is 46.4 Å². The van der Waals surface area contributed by atoms with Gasteiger partial charge in [0.05, 0.1) is 11.5 Å². The highest BCUT2D eigenvalue weighted by molar-refractivity contribution is 8.76.